The topological polar surface area (TPSA) is 84.7 Å². The van der Waals surface area contributed by atoms with E-state index in [4.69, 9.17) is 10.5 Å². The zero-order valence-corrected chi connectivity index (χ0v) is 14.4. The molecule has 0 saturated carbocycles. The molecular formula is C19H23N3O3. The van der Waals surface area contributed by atoms with Gasteiger partial charge in [-0.05, 0) is 29.8 Å². The van der Waals surface area contributed by atoms with E-state index in [9.17, 15) is 9.59 Å². The molecule has 132 valence electrons. The molecule has 0 spiro atoms. The van der Waals surface area contributed by atoms with Crippen LogP contribution in [0, 0.1) is 0 Å². The largest absolute Gasteiger partial charge is 0.497 e. The Balaban J connectivity index is 2.18. The molecule has 2 rings (SSSR count). The molecule has 0 aliphatic heterocycles. The Morgan fingerprint density at radius 3 is 2.32 bits per heavy atom. The lowest BCUT2D eigenvalue weighted by molar-refractivity contribution is -0.126. The molecule has 6 nitrogen and oxygen atoms in total. The molecular weight excluding hydrogens is 318 g/mol. The monoisotopic (exact) mass is 341 g/mol. The number of rotatable bonds is 7. The number of carbonyl (C=O) groups is 2. The van der Waals surface area contributed by atoms with Gasteiger partial charge >= 0.3 is 0 Å². The van der Waals surface area contributed by atoms with Crippen LogP contribution in [0.1, 0.15) is 5.56 Å². The molecule has 0 aromatic heterocycles. The van der Waals surface area contributed by atoms with E-state index in [0.29, 0.717) is 17.9 Å². The van der Waals surface area contributed by atoms with E-state index in [-0.39, 0.29) is 18.4 Å². The van der Waals surface area contributed by atoms with Gasteiger partial charge in [-0.1, -0.05) is 30.3 Å². The van der Waals surface area contributed by atoms with Crippen molar-refractivity contribution in [2.75, 3.05) is 25.6 Å². The highest BCUT2D eigenvalue weighted by molar-refractivity contribution is 5.99. The van der Waals surface area contributed by atoms with Crippen LogP contribution in [0.2, 0.25) is 0 Å². The second-order valence-electron chi connectivity index (χ2n) is 5.61. The molecule has 0 radical (unpaired) electrons. The fourth-order valence-electron chi connectivity index (χ4n) is 2.47. The summed E-state index contributed by atoms with van der Waals surface area (Å²) in [6.45, 7) is -0.162. The van der Waals surface area contributed by atoms with Crippen molar-refractivity contribution >= 4 is 17.5 Å². The van der Waals surface area contributed by atoms with Crippen molar-refractivity contribution in [2.45, 2.75) is 12.5 Å². The van der Waals surface area contributed by atoms with Gasteiger partial charge in [0.15, 0.2) is 0 Å². The number of anilines is 1. The van der Waals surface area contributed by atoms with Gasteiger partial charge in [-0.15, -0.1) is 0 Å². The Labute approximate surface area is 147 Å². The first-order valence-electron chi connectivity index (χ1n) is 8.00. The Morgan fingerprint density at radius 2 is 1.76 bits per heavy atom. The fourth-order valence-corrected chi connectivity index (χ4v) is 2.47. The first-order chi connectivity index (χ1) is 12.0. The zero-order valence-electron chi connectivity index (χ0n) is 14.4. The van der Waals surface area contributed by atoms with Crippen molar-refractivity contribution in [3.8, 4) is 5.75 Å². The van der Waals surface area contributed by atoms with Gasteiger partial charge in [0.25, 0.3) is 0 Å². The van der Waals surface area contributed by atoms with E-state index in [1.807, 2.05) is 30.3 Å². The SMILES string of the molecule is COc1ccc(N(C)C(=O)[C@H](Cc2ccccc2)NC(=O)CN)cc1. The second-order valence-corrected chi connectivity index (χ2v) is 5.61. The van der Waals surface area contributed by atoms with Gasteiger partial charge in [0.1, 0.15) is 11.8 Å². The van der Waals surface area contributed by atoms with Crippen molar-refractivity contribution in [3.63, 3.8) is 0 Å². The van der Waals surface area contributed by atoms with Crippen LogP contribution in [0.25, 0.3) is 0 Å². The Hall–Kier alpha value is -2.86. The van der Waals surface area contributed by atoms with Gasteiger partial charge < -0.3 is 20.7 Å². The molecule has 0 fully saturated rings. The van der Waals surface area contributed by atoms with E-state index in [1.54, 1.807) is 38.4 Å². The molecule has 0 aliphatic carbocycles. The average molecular weight is 341 g/mol. The smallest absolute Gasteiger partial charge is 0.249 e. The molecule has 3 N–H and O–H groups in total. The maximum atomic E-state index is 12.9. The van der Waals surface area contributed by atoms with E-state index < -0.39 is 6.04 Å². The Kier molecular flexibility index (Phi) is 6.54. The van der Waals surface area contributed by atoms with E-state index in [1.165, 1.54) is 4.90 Å². The zero-order chi connectivity index (χ0) is 18.2. The number of ether oxygens (including phenoxy) is 1. The molecule has 0 heterocycles. The van der Waals surface area contributed by atoms with Gasteiger partial charge in [0.2, 0.25) is 11.8 Å². The van der Waals surface area contributed by atoms with Crippen LogP contribution in [0.15, 0.2) is 54.6 Å². The average Bonchev–Trinajstić information content (AvgIpc) is 2.67. The van der Waals surface area contributed by atoms with Crippen LogP contribution in [-0.4, -0.2) is 38.6 Å². The predicted molar refractivity (Wildman–Crippen MR) is 97.5 cm³/mol. The van der Waals surface area contributed by atoms with Gasteiger partial charge in [-0.3, -0.25) is 9.59 Å². The quantitative estimate of drug-likeness (QED) is 0.796. The molecule has 0 aliphatic rings. The predicted octanol–water partition coefficient (Wildman–Crippen LogP) is 1.34. The van der Waals surface area contributed by atoms with E-state index in [0.717, 1.165) is 5.56 Å². The van der Waals surface area contributed by atoms with Crippen molar-refractivity contribution in [1.82, 2.24) is 5.32 Å². The molecule has 25 heavy (non-hydrogen) atoms. The number of amides is 2. The summed E-state index contributed by atoms with van der Waals surface area (Å²) < 4.78 is 5.13. The minimum atomic E-state index is -0.689. The maximum absolute atomic E-state index is 12.9. The highest BCUT2D eigenvalue weighted by Crippen LogP contribution is 2.19. The number of likely N-dealkylation sites (N-methyl/N-ethyl adjacent to an activating group) is 1. The summed E-state index contributed by atoms with van der Waals surface area (Å²) in [7, 11) is 3.26. The lowest BCUT2D eigenvalue weighted by atomic mass is 10.0. The van der Waals surface area contributed by atoms with Crippen molar-refractivity contribution in [2.24, 2.45) is 5.73 Å². The lowest BCUT2D eigenvalue weighted by Gasteiger charge is -2.25. The molecule has 0 unspecified atom stereocenters. The number of methoxy groups -OCH3 is 1. The molecule has 0 bridgehead atoms. The molecule has 2 aromatic carbocycles. The lowest BCUT2D eigenvalue weighted by Crippen LogP contribution is -2.50. The van der Waals surface area contributed by atoms with Crippen LogP contribution in [0.4, 0.5) is 5.69 Å². The second kappa shape index (κ2) is 8.84. The van der Waals surface area contributed by atoms with E-state index >= 15 is 0 Å². The molecule has 2 aromatic rings. The third-order valence-corrected chi connectivity index (χ3v) is 3.89. The van der Waals surface area contributed by atoms with Gasteiger partial charge in [-0.2, -0.15) is 0 Å². The number of nitrogens with two attached hydrogens (primary N) is 1. The number of carbonyl (C=O) groups excluding carboxylic acids is 2. The van der Waals surface area contributed by atoms with Crippen LogP contribution in [0.5, 0.6) is 5.75 Å². The summed E-state index contributed by atoms with van der Waals surface area (Å²) in [5.74, 6) is 0.134. The van der Waals surface area contributed by atoms with Crippen molar-refractivity contribution in [1.29, 1.82) is 0 Å². The Bertz CT molecular complexity index is 702. The molecule has 6 heteroatoms. The number of hydrogen-bond acceptors (Lipinski definition) is 4. The third kappa shape index (κ3) is 5.06. The molecule has 1 atom stereocenters. The molecule has 0 saturated heterocycles. The normalized spacial score (nSPS) is 11.5. The summed E-state index contributed by atoms with van der Waals surface area (Å²) in [6, 6.07) is 16.0. The van der Waals surface area contributed by atoms with Gasteiger partial charge in [-0.25, -0.2) is 0 Å². The third-order valence-electron chi connectivity index (χ3n) is 3.89. The summed E-state index contributed by atoms with van der Waals surface area (Å²) in [5.41, 5.74) is 7.06. The Morgan fingerprint density at radius 1 is 1.12 bits per heavy atom. The minimum Gasteiger partial charge on any atom is -0.497 e. The fraction of sp³-hybridized carbons (Fsp3) is 0.263. The number of benzene rings is 2. The first kappa shape index (κ1) is 18.5. The van der Waals surface area contributed by atoms with E-state index in [2.05, 4.69) is 5.32 Å². The minimum absolute atomic E-state index is 0.162. The highest BCUT2D eigenvalue weighted by Gasteiger charge is 2.24. The number of hydrogen-bond donors (Lipinski definition) is 2. The van der Waals surface area contributed by atoms with Gasteiger partial charge in [0, 0.05) is 19.2 Å². The van der Waals surface area contributed by atoms with Gasteiger partial charge in [0.05, 0.1) is 13.7 Å². The summed E-state index contributed by atoms with van der Waals surface area (Å²) in [4.78, 5) is 26.1. The standard InChI is InChI=1S/C19H23N3O3/c1-22(15-8-10-16(25-2)11-9-15)19(24)17(21-18(23)13-20)12-14-6-4-3-5-7-14/h3-11,17H,12-13,20H2,1-2H3,(H,21,23)/t17-/m0/s1. The summed E-state index contributed by atoms with van der Waals surface area (Å²) >= 11 is 0. The maximum Gasteiger partial charge on any atom is 0.249 e. The molecule has 2 amide bonds. The van der Waals surface area contributed by atoms with Crippen molar-refractivity contribution < 1.29 is 14.3 Å². The van der Waals surface area contributed by atoms with Crippen LogP contribution >= 0.6 is 0 Å². The number of nitrogens with zero attached hydrogens (tertiary/aromatic N) is 1. The summed E-state index contributed by atoms with van der Waals surface area (Å²) in [6.07, 6.45) is 0.395. The number of nitrogens with one attached hydrogen (secondary N) is 1. The van der Waals surface area contributed by atoms with Crippen LogP contribution in [-0.2, 0) is 16.0 Å². The summed E-state index contributed by atoms with van der Waals surface area (Å²) in [5, 5.41) is 2.71. The highest BCUT2D eigenvalue weighted by atomic mass is 16.5. The van der Waals surface area contributed by atoms with Crippen LogP contribution < -0.4 is 20.7 Å². The van der Waals surface area contributed by atoms with Crippen molar-refractivity contribution in [3.05, 3.63) is 60.2 Å². The van der Waals surface area contributed by atoms with Crippen LogP contribution in [0.3, 0.4) is 0 Å². The first-order valence-corrected chi connectivity index (χ1v) is 8.00.